The van der Waals surface area contributed by atoms with Gasteiger partial charge >= 0.3 is 0 Å². The number of rotatable bonds is 6. The summed E-state index contributed by atoms with van der Waals surface area (Å²) in [6, 6.07) is 20.0. The standard InChI is InChI=1S/C26H19BrFN3O3/c27-16-1-10-21-22(15-16)29-14-11-23(21)34-20-8-6-19(7-9-20)31-25(33)26(12-13-26)24(32)30-18-4-2-17(28)3-5-18/h1-11,14-15H,12-13H2,(H,30,32)(H,31,33). The van der Waals surface area contributed by atoms with Gasteiger partial charge in [-0.1, -0.05) is 15.9 Å². The lowest BCUT2D eigenvalue weighted by Crippen LogP contribution is -2.35. The van der Waals surface area contributed by atoms with Crippen molar-refractivity contribution >= 4 is 50.0 Å². The molecule has 1 fully saturated rings. The summed E-state index contributed by atoms with van der Waals surface area (Å²) in [5.74, 6) is 0.112. The van der Waals surface area contributed by atoms with Crippen LogP contribution in [0.1, 0.15) is 12.8 Å². The number of anilines is 2. The summed E-state index contributed by atoms with van der Waals surface area (Å²) < 4.78 is 20.0. The first-order valence-corrected chi connectivity index (χ1v) is 11.4. The quantitative estimate of drug-likeness (QED) is 0.293. The predicted molar refractivity (Wildman–Crippen MR) is 131 cm³/mol. The Morgan fingerprint density at radius 2 is 1.50 bits per heavy atom. The number of fused-ring (bicyclic) bond motifs is 1. The van der Waals surface area contributed by atoms with Crippen LogP contribution in [-0.4, -0.2) is 16.8 Å². The average molecular weight is 520 g/mol. The van der Waals surface area contributed by atoms with Crippen LogP contribution < -0.4 is 15.4 Å². The van der Waals surface area contributed by atoms with Crippen molar-refractivity contribution in [3.63, 3.8) is 0 Å². The Balaban J connectivity index is 1.25. The molecule has 1 saturated carbocycles. The maximum atomic E-state index is 13.1. The number of aromatic nitrogens is 1. The normalized spacial score (nSPS) is 13.8. The van der Waals surface area contributed by atoms with E-state index in [1.165, 1.54) is 24.3 Å². The summed E-state index contributed by atoms with van der Waals surface area (Å²) in [5.41, 5.74) is 0.697. The first kappa shape index (κ1) is 22.0. The number of benzene rings is 3. The Bertz CT molecular complexity index is 1390. The lowest BCUT2D eigenvalue weighted by molar-refractivity contribution is -0.131. The lowest BCUT2D eigenvalue weighted by atomic mass is 10.0. The van der Waals surface area contributed by atoms with Crippen LogP contribution >= 0.6 is 15.9 Å². The molecule has 1 aliphatic carbocycles. The van der Waals surface area contributed by atoms with E-state index in [9.17, 15) is 14.0 Å². The number of amides is 2. The van der Waals surface area contributed by atoms with Crippen LogP contribution in [-0.2, 0) is 9.59 Å². The number of halogens is 2. The van der Waals surface area contributed by atoms with Crippen molar-refractivity contribution in [3.8, 4) is 11.5 Å². The van der Waals surface area contributed by atoms with Gasteiger partial charge in [0.05, 0.1) is 5.52 Å². The second kappa shape index (κ2) is 8.87. The van der Waals surface area contributed by atoms with E-state index in [4.69, 9.17) is 4.74 Å². The van der Waals surface area contributed by atoms with E-state index in [1.54, 1.807) is 36.5 Å². The maximum absolute atomic E-state index is 13.1. The molecule has 3 aromatic carbocycles. The molecule has 34 heavy (non-hydrogen) atoms. The number of carbonyl (C=O) groups is 2. The number of hydrogen-bond acceptors (Lipinski definition) is 4. The molecular weight excluding hydrogens is 501 g/mol. The fraction of sp³-hybridized carbons (Fsp3) is 0.115. The molecule has 5 rings (SSSR count). The number of carbonyl (C=O) groups excluding carboxylic acids is 2. The molecule has 0 spiro atoms. The highest BCUT2D eigenvalue weighted by Crippen LogP contribution is 2.47. The van der Waals surface area contributed by atoms with Crippen molar-refractivity contribution in [3.05, 3.63) is 89.3 Å². The molecule has 0 atom stereocenters. The summed E-state index contributed by atoms with van der Waals surface area (Å²) in [6.07, 6.45) is 2.60. The third-order valence-corrected chi connectivity index (χ3v) is 6.22. The van der Waals surface area contributed by atoms with Gasteiger partial charge in [-0.15, -0.1) is 0 Å². The smallest absolute Gasteiger partial charge is 0.240 e. The van der Waals surface area contributed by atoms with Crippen LogP contribution in [0.25, 0.3) is 10.9 Å². The van der Waals surface area contributed by atoms with Crippen LogP contribution in [0.4, 0.5) is 15.8 Å². The van der Waals surface area contributed by atoms with Crippen LogP contribution in [0.2, 0.25) is 0 Å². The van der Waals surface area contributed by atoms with Gasteiger partial charge in [0.2, 0.25) is 11.8 Å². The topological polar surface area (TPSA) is 80.3 Å². The molecule has 1 aromatic heterocycles. The molecule has 1 aliphatic rings. The van der Waals surface area contributed by atoms with Gasteiger partial charge < -0.3 is 15.4 Å². The molecule has 170 valence electrons. The van der Waals surface area contributed by atoms with Crippen molar-refractivity contribution in [2.75, 3.05) is 10.6 Å². The number of ether oxygens (including phenoxy) is 1. The highest BCUT2D eigenvalue weighted by atomic mass is 79.9. The number of pyridine rings is 1. The zero-order valence-electron chi connectivity index (χ0n) is 17.8. The Hall–Kier alpha value is -3.78. The largest absolute Gasteiger partial charge is 0.457 e. The van der Waals surface area contributed by atoms with E-state index >= 15 is 0 Å². The van der Waals surface area contributed by atoms with Crippen LogP contribution in [0.3, 0.4) is 0 Å². The Kier molecular flexibility index (Phi) is 5.75. The molecule has 8 heteroatoms. The highest BCUT2D eigenvalue weighted by Gasteiger charge is 2.56. The molecule has 2 amide bonds. The summed E-state index contributed by atoms with van der Waals surface area (Å²) in [7, 11) is 0. The first-order chi connectivity index (χ1) is 16.4. The summed E-state index contributed by atoms with van der Waals surface area (Å²) in [4.78, 5) is 29.9. The van der Waals surface area contributed by atoms with Crippen molar-refractivity contribution in [2.24, 2.45) is 5.41 Å². The lowest BCUT2D eigenvalue weighted by Gasteiger charge is -2.16. The zero-order chi connectivity index (χ0) is 23.7. The minimum Gasteiger partial charge on any atom is -0.457 e. The number of hydrogen-bond donors (Lipinski definition) is 2. The molecule has 4 aromatic rings. The van der Waals surface area contributed by atoms with E-state index in [1.807, 2.05) is 18.2 Å². The van der Waals surface area contributed by atoms with Crippen molar-refractivity contribution < 1.29 is 18.7 Å². The number of nitrogens with zero attached hydrogens (tertiary/aromatic N) is 1. The highest BCUT2D eigenvalue weighted by molar-refractivity contribution is 9.10. The van der Waals surface area contributed by atoms with Crippen LogP contribution in [0.15, 0.2) is 83.5 Å². The first-order valence-electron chi connectivity index (χ1n) is 10.6. The van der Waals surface area contributed by atoms with Crippen molar-refractivity contribution in [1.29, 1.82) is 0 Å². The molecular formula is C26H19BrFN3O3. The fourth-order valence-electron chi connectivity index (χ4n) is 3.63. The molecule has 2 N–H and O–H groups in total. The monoisotopic (exact) mass is 519 g/mol. The third kappa shape index (κ3) is 4.49. The van der Waals surface area contributed by atoms with E-state index < -0.39 is 17.1 Å². The van der Waals surface area contributed by atoms with Gasteiger partial charge in [-0.3, -0.25) is 14.6 Å². The predicted octanol–water partition coefficient (Wildman–Crippen LogP) is 6.29. The van der Waals surface area contributed by atoms with E-state index in [0.29, 0.717) is 35.7 Å². The Morgan fingerprint density at radius 1 is 0.882 bits per heavy atom. The van der Waals surface area contributed by atoms with Crippen LogP contribution in [0.5, 0.6) is 11.5 Å². The van der Waals surface area contributed by atoms with Gasteiger partial charge in [-0.05, 0) is 85.6 Å². The Labute approximate surface area is 203 Å². The molecule has 6 nitrogen and oxygen atoms in total. The maximum Gasteiger partial charge on any atom is 0.240 e. The molecule has 1 heterocycles. The van der Waals surface area contributed by atoms with Crippen LogP contribution in [0, 0.1) is 11.2 Å². The molecule has 0 bridgehead atoms. The second-order valence-electron chi connectivity index (χ2n) is 8.09. The van der Waals surface area contributed by atoms with E-state index in [2.05, 4.69) is 31.5 Å². The molecule has 0 aliphatic heterocycles. The van der Waals surface area contributed by atoms with Gasteiger partial charge in [0.1, 0.15) is 22.7 Å². The second-order valence-corrected chi connectivity index (χ2v) is 9.01. The van der Waals surface area contributed by atoms with E-state index in [0.717, 1.165) is 15.4 Å². The molecule has 0 radical (unpaired) electrons. The SMILES string of the molecule is O=C(Nc1ccc(F)cc1)C1(C(=O)Nc2ccc(Oc3ccnc4cc(Br)ccc34)cc2)CC1. The minimum absolute atomic E-state index is 0.369. The van der Waals surface area contributed by atoms with Gasteiger partial charge in [0, 0.05) is 27.4 Å². The van der Waals surface area contributed by atoms with E-state index in [-0.39, 0.29) is 5.91 Å². The summed E-state index contributed by atoms with van der Waals surface area (Å²) in [6.45, 7) is 0. The van der Waals surface area contributed by atoms with Crippen molar-refractivity contribution in [2.45, 2.75) is 12.8 Å². The number of nitrogens with one attached hydrogen (secondary N) is 2. The van der Waals surface area contributed by atoms with Gasteiger partial charge in [0.25, 0.3) is 0 Å². The molecule has 0 saturated heterocycles. The van der Waals surface area contributed by atoms with Gasteiger partial charge in [0.15, 0.2) is 0 Å². The summed E-state index contributed by atoms with van der Waals surface area (Å²) >= 11 is 3.44. The molecule has 0 unspecified atom stereocenters. The van der Waals surface area contributed by atoms with Crippen molar-refractivity contribution in [1.82, 2.24) is 4.98 Å². The van der Waals surface area contributed by atoms with Gasteiger partial charge in [-0.2, -0.15) is 0 Å². The fourth-order valence-corrected chi connectivity index (χ4v) is 3.98. The zero-order valence-corrected chi connectivity index (χ0v) is 19.4. The third-order valence-electron chi connectivity index (χ3n) is 5.73. The Morgan fingerprint density at radius 3 is 2.12 bits per heavy atom. The average Bonchev–Trinajstić information content (AvgIpc) is 3.64. The minimum atomic E-state index is -1.12. The van der Waals surface area contributed by atoms with Gasteiger partial charge in [-0.25, -0.2) is 4.39 Å². The summed E-state index contributed by atoms with van der Waals surface area (Å²) in [5, 5.41) is 6.40.